The Kier molecular flexibility index (Phi) is 4.34. The zero-order valence-corrected chi connectivity index (χ0v) is 13.2. The minimum absolute atomic E-state index is 0.0176. The van der Waals surface area contributed by atoms with Crippen LogP contribution < -0.4 is 15.6 Å². The van der Waals surface area contributed by atoms with E-state index in [4.69, 9.17) is 0 Å². The molecule has 4 nitrogen and oxygen atoms in total. The van der Waals surface area contributed by atoms with Crippen LogP contribution in [0.3, 0.4) is 0 Å². The first-order chi connectivity index (χ1) is 10.7. The Hall–Kier alpha value is -2.40. The van der Waals surface area contributed by atoms with Gasteiger partial charge in [0.2, 0.25) is 0 Å². The van der Waals surface area contributed by atoms with E-state index >= 15 is 0 Å². The maximum absolute atomic E-state index is 11.8. The highest BCUT2D eigenvalue weighted by Gasteiger charge is 2.09. The standard InChI is InChI=1S/C17H17N3OS/c1-12-11-13-5-2-3-6-14(13)20-16(12)18-8-9-19-17(21)15-7-4-10-22-15/h2-7,10-11H,8-9H2,1H3,(H,18,20)(H,19,21)/p+1. The molecular formula is C17H18N3OS+. The average Bonchev–Trinajstić information content (AvgIpc) is 3.06. The fourth-order valence-corrected chi connectivity index (χ4v) is 2.96. The number of aryl methyl sites for hydroxylation is 1. The number of thiophene rings is 1. The Balaban J connectivity index is 1.57. The third-order valence-electron chi connectivity index (χ3n) is 3.44. The number of H-pyrrole nitrogens is 1. The largest absolute Gasteiger partial charge is 0.347 e. The van der Waals surface area contributed by atoms with E-state index in [9.17, 15) is 4.79 Å². The third-order valence-corrected chi connectivity index (χ3v) is 4.31. The van der Waals surface area contributed by atoms with E-state index in [2.05, 4.69) is 40.7 Å². The number of aromatic amines is 1. The molecule has 0 radical (unpaired) electrons. The Bertz CT molecular complexity index is 784. The van der Waals surface area contributed by atoms with Crippen molar-refractivity contribution in [3.8, 4) is 0 Å². The first-order valence-corrected chi connectivity index (χ1v) is 8.09. The van der Waals surface area contributed by atoms with E-state index < -0.39 is 0 Å². The zero-order valence-electron chi connectivity index (χ0n) is 12.3. The summed E-state index contributed by atoms with van der Waals surface area (Å²) in [6.07, 6.45) is 0. The highest BCUT2D eigenvalue weighted by molar-refractivity contribution is 7.12. The predicted molar refractivity (Wildman–Crippen MR) is 90.4 cm³/mol. The van der Waals surface area contributed by atoms with Crippen LogP contribution in [0.25, 0.3) is 10.9 Å². The number of pyridine rings is 1. The number of amides is 1. The quantitative estimate of drug-likeness (QED) is 0.712. The van der Waals surface area contributed by atoms with Crippen LogP contribution in [-0.2, 0) is 0 Å². The molecule has 2 heterocycles. The highest BCUT2D eigenvalue weighted by atomic mass is 32.1. The van der Waals surface area contributed by atoms with E-state index in [1.807, 2.05) is 29.6 Å². The van der Waals surface area contributed by atoms with Gasteiger partial charge in [-0.2, -0.15) is 0 Å². The van der Waals surface area contributed by atoms with Gasteiger partial charge < -0.3 is 5.32 Å². The number of carbonyl (C=O) groups excluding carboxylic acids is 1. The molecule has 3 aromatic rings. The Morgan fingerprint density at radius 2 is 2.05 bits per heavy atom. The van der Waals surface area contributed by atoms with Crippen molar-refractivity contribution in [2.75, 3.05) is 18.4 Å². The number of hydrogen-bond acceptors (Lipinski definition) is 3. The Morgan fingerprint density at radius 3 is 2.86 bits per heavy atom. The van der Waals surface area contributed by atoms with Gasteiger partial charge in [0.15, 0.2) is 0 Å². The van der Waals surface area contributed by atoms with Crippen molar-refractivity contribution >= 4 is 34.0 Å². The van der Waals surface area contributed by atoms with E-state index in [-0.39, 0.29) is 5.91 Å². The van der Waals surface area contributed by atoms with Crippen molar-refractivity contribution in [1.82, 2.24) is 5.32 Å². The van der Waals surface area contributed by atoms with Gasteiger partial charge in [-0.25, -0.2) is 4.98 Å². The molecule has 2 aromatic heterocycles. The van der Waals surface area contributed by atoms with Crippen molar-refractivity contribution in [1.29, 1.82) is 0 Å². The van der Waals surface area contributed by atoms with E-state index in [1.165, 1.54) is 16.7 Å². The van der Waals surface area contributed by atoms with Crippen LogP contribution in [0.1, 0.15) is 15.2 Å². The molecule has 0 saturated carbocycles. The molecule has 0 unspecified atom stereocenters. The maximum Gasteiger partial charge on any atom is 0.275 e. The van der Waals surface area contributed by atoms with Gasteiger partial charge in [-0.05, 0) is 30.5 Å². The van der Waals surface area contributed by atoms with Crippen LogP contribution in [0.4, 0.5) is 5.82 Å². The van der Waals surface area contributed by atoms with Crippen LogP contribution in [-0.4, -0.2) is 19.0 Å². The molecule has 3 rings (SSSR count). The lowest BCUT2D eigenvalue weighted by atomic mass is 10.1. The minimum atomic E-state index is -0.0176. The molecule has 1 amide bonds. The summed E-state index contributed by atoms with van der Waals surface area (Å²) in [4.78, 5) is 16.0. The number of nitrogens with one attached hydrogen (secondary N) is 3. The first kappa shape index (κ1) is 14.5. The van der Waals surface area contributed by atoms with Crippen LogP contribution >= 0.6 is 11.3 Å². The number of benzene rings is 1. The number of hydrogen-bond donors (Lipinski definition) is 2. The lowest BCUT2D eigenvalue weighted by Gasteiger charge is -2.05. The van der Waals surface area contributed by atoms with Crippen molar-refractivity contribution in [3.63, 3.8) is 0 Å². The van der Waals surface area contributed by atoms with E-state index in [1.54, 1.807) is 0 Å². The smallest absolute Gasteiger partial charge is 0.275 e. The van der Waals surface area contributed by atoms with Crippen LogP contribution in [0.15, 0.2) is 47.8 Å². The molecule has 0 atom stereocenters. The second-order valence-electron chi connectivity index (χ2n) is 5.07. The molecule has 0 fully saturated rings. The molecular weight excluding hydrogens is 294 g/mol. The minimum Gasteiger partial charge on any atom is -0.347 e. The van der Waals surface area contributed by atoms with Crippen LogP contribution in [0, 0.1) is 6.92 Å². The monoisotopic (exact) mass is 312 g/mol. The number of fused-ring (bicyclic) bond motifs is 1. The fraction of sp³-hybridized carbons (Fsp3) is 0.176. The van der Waals surface area contributed by atoms with Gasteiger partial charge in [0.25, 0.3) is 11.7 Å². The summed E-state index contributed by atoms with van der Waals surface area (Å²) >= 11 is 1.45. The molecule has 0 saturated heterocycles. The topological polar surface area (TPSA) is 55.3 Å². The second-order valence-corrected chi connectivity index (χ2v) is 6.02. The molecule has 1 aromatic carbocycles. The van der Waals surface area contributed by atoms with Crippen LogP contribution in [0.5, 0.6) is 0 Å². The number of aromatic nitrogens is 1. The van der Waals surface area contributed by atoms with Gasteiger partial charge in [-0.15, -0.1) is 11.3 Å². The number of carbonyl (C=O) groups is 1. The fourth-order valence-electron chi connectivity index (χ4n) is 2.32. The second kappa shape index (κ2) is 6.58. The van der Waals surface area contributed by atoms with E-state index in [0.717, 1.165) is 21.8 Å². The molecule has 0 spiro atoms. The molecule has 0 aliphatic carbocycles. The summed E-state index contributed by atoms with van der Waals surface area (Å²) in [5.74, 6) is 0.972. The van der Waals surface area contributed by atoms with Gasteiger partial charge in [0, 0.05) is 10.9 Å². The molecule has 5 heteroatoms. The molecule has 3 N–H and O–H groups in total. The normalized spacial score (nSPS) is 10.6. The van der Waals surface area contributed by atoms with Gasteiger partial charge >= 0.3 is 0 Å². The van der Waals surface area contributed by atoms with Crippen molar-refractivity contribution in [3.05, 3.63) is 58.3 Å². The van der Waals surface area contributed by atoms with Gasteiger partial charge in [0.1, 0.15) is 12.1 Å². The van der Waals surface area contributed by atoms with Crippen molar-refractivity contribution in [2.45, 2.75) is 6.92 Å². The van der Waals surface area contributed by atoms with E-state index in [0.29, 0.717) is 13.1 Å². The summed E-state index contributed by atoms with van der Waals surface area (Å²) in [7, 11) is 0. The molecule has 0 aliphatic heterocycles. The Labute approximate surface area is 133 Å². The third kappa shape index (κ3) is 3.26. The summed E-state index contributed by atoms with van der Waals surface area (Å²) in [6.45, 7) is 3.32. The lowest BCUT2D eigenvalue weighted by Crippen LogP contribution is -2.29. The number of rotatable bonds is 5. The van der Waals surface area contributed by atoms with Gasteiger partial charge in [0.05, 0.1) is 11.4 Å². The summed E-state index contributed by atoms with van der Waals surface area (Å²) in [6, 6.07) is 14.0. The predicted octanol–water partition coefficient (Wildman–Crippen LogP) is 2.87. The summed E-state index contributed by atoms with van der Waals surface area (Å²) in [5.41, 5.74) is 2.25. The summed E-state index contributed by atoms with van der Waals surface area (Å²) < 4.78 is 0. The lowest BCUT2D eigenvalue weighted by molar-refractivity contribution is -0.327. The maximum atomic E-state index is 11.8. The molecule has 22 heavy (non-hydrogen) atoms. The average molecular weight is 312 g/mol. The molecule has 112 valence electrons. The van der Waals surface area contributed by atoms with Crippen LogP contribution in [0.2, 0.25) is 0 Å². The summed E-state index contributed by atoms with van der Waals surface area (Å²) in [5, 5.41) is 9.34. The first-order valence-electron chi connectivity index (χ1n) is 7.21. The number of anilines is 1. The Morgan fingerprint density at radius 1 is 1.18 bits per heavy atom. The molecule has 0 bridgehead atoms. The van der Waals surface area contributed by atoms with Gasteiger partial charge in [-0.1, -0.05) is 24.3 Å². The SMILES string of the molecule is Cc1cc2ccccc2[nH+]c1NCCNC(=O)c1cccs1. The van der Waals surface area contributed by atoms with Gasteiger partial charge in [-0.3, -0.25) is 10.1 Å². The number of para-hydroxylation sites is 1. The highest BCUT2D eigenvalue weighted by Crippen LogP contribution is 2.15. The van der Waals surface area contributed by atoms with Crippen molar-refractivity contribution < 1.29 is 9.78 Å². The molecule has 0 aliphatic rings. The van der Waals surface area contributed by atoms with Crippen molar-refractivity contribution in [2.24, 2.45) is 0 Å². The zero-order chi connectivity index (χ0) is 15.4.